The largest absolute Gasteiger partial charge is 0.480 e. The topological polar surface area (TPSA) is 51.4 Å². The minimum absolute atomic E-state index is 0.580. The van der Waals surface area contributed by atoms with E-state index in [9.17, 15) is 0 Å². The predicted octanol–water partition coefficient (Wildman–Crippen LogP) is 1.28. The van der Waals surface area contributed by atoms with E-state index >= 15 is 0 Å². The molecule has 2 atom stereocenters. The van der Waals surface area contributed by atoms with Crippen molar-refractivity contribution in [2.45, 2.75) is 12.3 Å². The van der Waals surface area contributed by atoms with Crippen LogP contribution in [0.1, 0.15) is 17.2 Å². The maximum Gasteiger partial charge on any atom is 0.229 e. The van der Waals surface area contributed by atoms with Crippen LogP contribution in [0.3, 0.4) is 0 Å². The quantitative estimate of drug-likeness (QED) is 0.842. The highest BCUT2D eigenvalue weighted by Gasteiger charge is 2.41. The highest BCUT2D eigenvalue weighted by atomic mass is 32.1. The van der Waals surface area contributed by atoms with Crippen LogP contribution in [0.4, 0.5) is 5.13 Å². The minimum atomic E-state index is 0.580. The van der Waals surface area contributed by atoms with Gasteiger partial charge in [-0.15, -0.1) is 0 Å². The van der Waals surface area contributed by atoms with E-state index in [0.717, 1.165) is 17.6 Å². The lowest BCUT2D eigenvalue weighted by molar-refractivity contribution is 0.396. The molecule has 5 heteroatoms. The van der Waals surface area contributed by atoms with Gasteiger partial charge in [0.15, 0.2) is 5.13 Å². The van der Waals surface area contributed by atoms with Crippen molar-refractivity contribution in [1.82, 2.24) is 4.98 Å². The summed E-state index contributed by atoms with van der Waals surface area (Å²) < 4.78 is 5.30. The molecule has 0 bridgehead atoms. The van der Waals surface area contributed by atoms with Crippen molar-refractivity contribution < 1.29 is 4.74 Å². The Morgan fingerprint density at radius 3 is 2.80 bits per heavy atom. The molecule has 2 rings (SSSR count). The van der Waals surface area contributed by atoms with Crippen LogP contribution in [0.5, 0.6) is 5.88 Å². The van der Waals surface area contributed by atoms with E-state index in [-0.39, 0.29) is 0 Å². The standard InChI is InChI=1S/C10H17N3OS/c1-13(2)10-12-9(14-3)8(15-10)7-4-6(7)5-11/h6-7H,4-5,11H2,1-3H3. The fraction of sp³-hybridized carbons (Fsp3) is 0.700. The van der Waals surface area contributed by atoms with Gasteiger partial charge in [-0.05, 0) is 18.9 Å². The van der Waals surface area contributed by atoms with Crippen LogP contribution in [0.2, 0.25) is 0 Å². The lowest BCUT2D eigenvalue weighted by atomic mass is 10.3. The van der Waals surface area contributed by atoms with Crippen molar-refractivity contribution in [1.29, 1.82) is 0 Å². The van der Waals surface area contributed by atoms with Crippen molar-refractivity contribution in [3.05, 3.63) is 4.88 Å². The number of nitrogens with two attached hydrogens (primary N) is 1. The number of nitrogens with zero attached hydrogens (tertiary/aromatic N) is 2. The highest BCUT2D eigenvalue weighted by Crippen LogP contribution is 2.52. The molecule has 0 radical (unpaired) electrons. The fourth-order valence-corrected chi connectivity index (χ4v) is 2.87. The molecular weight excluding hydrogens is 210 g/mol. The summed E-state index contributed by atoms with van der Waals surface area (Å²) in [5.41, 5.74) is 5.65. The van der Waals surface area contributed by atoms with E-state index < -0.39 is 0 Å². The Labute approximate surface area is 94.1 Å². The average molecular weight is 227 g/mol. The van der Waals surface area contributed by atoms with Gasteiger partial charge in [0.05, 0.1) is 12.0 Å². The number of hydrogen-bond acceptors (Lipinski definition) is 5. The van der Waals surface area contributed by atoms with Gasteiger partial charge in [-0.3, -0.25) is 0 Å². The molecule has 4 nitrogen and oxygen atoms in total. The Balaban J connectivity index is 2.22. The molecule has 1 aromatic heterocycles. The number of hydrogen-bond donors (Lipinski definition) is 1. The van der Waals surface area contributed by atoms with E-state index in [0.29, 0.717) is 11.8 Å². The van der Waals surface area contributed by atoms with Crippen molar-refractivity contribution in [3.63, 3.8) is 0 Å². The smallest absolute Gasteiger partial charge is 0.229 e. The van der Waals surface area contributed by atoms with E-state index in [2.05, 4.69) is 4.98 Å². The second-order valence-electron chi connectivity index (χ2n) is 4.10. The fourth-order valence-electron chi connectivity index (χ4n) is 1.71. The van der Waals surface area contributed by atoms with Gasteiger partial charge in [0, 0.05) is 20.0 Å². The third-order valence-corrected chi connectivity index (χ3v) is 4.08. The van der Waals surface area contributed by atoms with Gasteiger partial charge in [0.2, 0.25) is 5.88 Å². The molecule has 0 saturated heterocycles. The molecule has 15 heavy (non-hydrogen) atoms. The molecule has 0 aliphatic heterocycles. The lowest BCUT2D eigenvalue weighted by Gasteiger charge is -2.04. The zero-order valence-electron chi connectivity index (χ0n) is 9.36. The summed E-state index contributed by atoms with van der Waals surface area (Å²) in [5.74, 6) is 2.00. The molecule has 0 amide bonds. The summed E-state index contributed by atoms with van der Waals surface area (Å²) in [5, 5.41) is 1.00. The van der Waals surface area contributed by atoms with Crippen LogP contribution in [-0.2, 0) is 0 Å². The van der Waals surface area contributed by atoms with Gasteiger partial charge in [0.1, 0.15) is 0 Å². The number of ether oxygens (including phenoxy) is 1. The van der Waals surface area contributed by atoms with Crippen LogP contribution < -0.4 is 15.4 Å². The van der Waals surface area contributed by atoms with Crippen molar-refractivity contribution >= 4 is 16.5 Å². The Morgan fingerprint density at radius 1 is 1.60 bits per heavy atom. The summed E-state index contributed by atoms with van der Waals surface area (Å²) in [4.78, 5) is 7.71. The van der Waals surface area contributed by atoms with Crippen LogP contribution >= 0.6 is 11.3 Å². The van der Waals surface area contributed by atoms with Crippen LogP contribution in [0, 0.1) is 5.92 Å². The molecule has 84 valence electrons. The second-order valence-corrected chi connectivity index (χ2v) is 5.11. The van der Waals surface area contributed by atoms with Gasteiger partial charge < -0.3 is 15.4 Å². The number of rotatable bonds is 4. The van der Waals surface area contributed by atoms with Crippen LogP contribution in [0.25, 0.3) is 0 Å². The molecule has 1 heterocycles. The van der Waals surface area contributed by atoms with E-state index in [1.165, 1.54) is 11.3 Å². The molecule has 1 saturated carbocycles. The Hall–Kier alpha value is -0.810. The Kier molecular flexibility index (Phi) is 2.84. The van der Waals surface area contributed by atoms with Crippen LogP contribution in [-0.4, -0.2) is 32.7 Å². The molecule has 1 fully saturated rings. The Morgan fingerprint density at radius 2 is 2.33 bits per heavy atom. The van der Waals surface area contributed by atoms with Gasteiger partial charge in [-0.1, -0.05) is 11.3 Å². The average Bonchev–Trinajstić information content (AvgIpc) is 2.88. The van der Waals surface area contributed by atoms with Crippen molar-refractivity contribution in [3.8, 4) is 5.88 Å². The van der Waals surface area contributed by atoms with E-state index in [4.69, 9.17) is 10.5 Å². The third kappa shape index (κ3) is 1.94. The van der Waals surface area contributed by atoms with Gasteiger partial charge in [0.25, 0.3) is 0 Å². The summed E-state index contributed by atoms with van der Waals surface area (Å²) in [6.07, 6.45) is 1.18. The van der Waals surface area contributed by atoms with Gasteiger partial charge >= 0.3 is 0 Å². The molecule has 0 spiro atoms. The summed E-state index contributed by atoms with van der Waals surface area (Å²) in [7, 11) is 5.67. The summed E-state index contributed by atoms with van der Waals surface area (Å²) in [6, 6.07) is 0. The molecule has 1 aliphatic carbocycles. The highest BCUT2D eigenvalue weighted by molar-refractivity contribution is 7.16. The first-order chi connectivity index (χ1) is 7.17. The maximum absolute atomic E-state index is 5.65. The first kappa shape index (κ1) is 10.7. The monoisotopic (exact) mass is 227 g/mol. The minimum Gasteiger partial charge on any atom is -0.480 e. The number of thiazole rings is 1. The number of aromatic nitrogens is 1. The summed E-state index contributed by atoms with van der Waals surface area (Å²) in [6.45, 7) is 0.767. The van der Waals surface area contributed by atoms with E-state index in [1.807, 2.05) is 19.0 Å². The summed E-state index contributed by atoms with van der Waals surface area (Å²) >= 11 is 1.72. The van der Waals surface area contributed by atoms with Crippen LogP contribution in [0.15, 0.2) is 0 Å². The first-order valence-corrected chi connectivity index (χ1v) is 5.91. The second kappa shape index (κ2) is 3.98. The van der Waals surface area contributed by atoms with Crippen molar-refractivity contribution in [2.75, 3.05) is 32.6 Å². The number of methoxy groups -OCH3 is 1. The zero-order chi connectivity index (χ0) is 11.0. The SMILES string of the molecule is COc1nc(N(C)C)sc1C1CC1CN. The molecule has 1 aliphatic rings. The maximum atomic E-state index is 5.65. The Bertz CT molecular complexity index is 350. The molecule has 2 unspecified atom stereocenters. The van der Waals surface area contributed by atoms with Gasteiger partial charge in [-0.2, -0.15) is 4.98 Å². The molecule has 0 aromatic carbocycles. The molecule has 1 aromatic rings. The zero-order valence-corrected chi connectivity index (χ0v) is 10.2. The molecule has 2 N–H and O–H groups in total. The number of anilines is 1. The third-order valence-electron chi connectivity index (χ3n) is 2.75. The molecular formula is C10H17N3OS. The predicted molar refractivity (Wildman–Crippen MR) is 62.9 cm³/mol. The van der Waals surface area contributed by atoms with Gasteiger partial charge in [-0.25, -0.2) is 0 Å². The normalized spacial score (nSPS) is 24.0. The van der Waals surface area contributed by atoms with E-state index in [1.54, 1.807) is 18.4 Å². The van der Waals surface area contributed by atoms with Crippen molar-refractivity contribution in [2.24, 2.45) is 11.7 Å². The lowest BCUT2D eigenvalue weighted by Crippen LogP contribution is -2.07. The first-order valence-electron chi connectivity index (χ1n) is 5.09.